The molecular weight excluding hydrogens is 342 g/mol. The molecule has 1 aliphatic heterocycles. The average molecular weight is 376 g/mol. The molecule has 0 unspecified atom stereocenters. The summed E-state index contributed by atoms with van der Waals surface area (Å²) in [7, 11) is 1.98. The number of aliphatic hydroxyl groups is 1. The van der Waals surface area contributed by atoms with E-state index in [1.54, 1.807) is 5.57 Å². The molecule has 5 nitrogen and oxygen atoms in total. The van der Waals surface area contributed by atoms with Crippen LogP contribution in [-0.2, 0) is 14.3 Å². The van der Waals surface area contributed by atoms with E-state index in [9.17, 15) is 9.59 Å². The van der Waals surface area contributed by atoms with E-state index in [2.05, 4.69) is 13.8 Å². The first-order valence-corrected chi connectivity index (χ1v) is 10.6. The minimum Gasteiger partial charge on any atom is -0.463 e. The van der Waals surface area contributed by atoms with Gasteiger partial charge in [0, 0.05) is 24.9 Å². The first-order chi connectivity index (χ1) is 12.8. The lowest BCUT2D eigenvalue weighted by Crippen LogP contribution is -2.58. The van der Waals surface area contributed by atoms with Crippen LogP contribution in [-0.4, -0.2) is 48.2 Å². The molecule has 0 spiro atoms. The third-order valence-corrected chi connectivity index (χ3v) is 8.51. The van der Waals surface area contributed by atoms with Crippen LogP contribution in [0.25, 0.3) is 0 Å². The molecule has 3 aliphatic carbocycles. The lowest BCUT2D eigenvalue weighted by atomic mass is 9.52. The van der Waals surface area contributed by atoms with Crippen molar-refractivity contribution in [3.63, 3.8) is 0 Å². The van der Waals surface area contributed by atoms with E-state index in [4.69, 9.17) is 9.84 Å². The van der Waals surface area contributed by atoms with Gasteiger partial charge in [-0.05, 0) is 56.3 Å². The normalized spacial score (nSPS) is 41.1. The fraction of sp³-hybridized carbons (Fsp3) is 0.818. The summed E-state index contributed by atoms with van der Waals surface area (Å²) in [5.41, 5.74) is 3.20. The molecule has 27 heavy (non-hydrogen) atoms. The van der Waals surface area contributed by atoms with E-state index in [0.29, 0.717) is 24.3 Å². The third-order valence-electron chi connectivity index (χ3n) is 8.51. The Morgan fingerprint density at radius 2 is 1.96 bits per heavy atom. The molecule has 4 rings (SSSR count). The minimum atomic E-state index is -0.136. The van der Waals surface area contributed by atoms with E-state index < -0.39 is 0 Å². The van der Waals surface area contributed by atoms with Crippen LogP contribution in [0.2, 0.25) is 0 Å². The maximum absolute atomic E-state index is 12.6. The number of amides is 1. The van der Waals surface area contributed by atoms with Crippen LogP contribution in [0.5, 0.6) is 0 Å². The molecule has 1 saturated heterocycles. The SMILES string of the molecule is CN1C(=O)CC[C@]2(C)[C@H]3CC[C@@]4(C)C(=C3CC[C@@H]12)CC[C@@H]4C(=O)OCCO. The maximum atomic E-state index is 12.6. The molecule has 1 N–H and O–H groups in total. The summed E-state index contributed by atoms with van der Waals surface area (Å²) >= 11 is 0. The van der Waals surface area contributed by atoms with Crippen LogP contribution in [0.4, 0.5) is 0 Å². The lowest BCUT2D eigenvalue weighted by molar-refractivity contribution is -0.153. The molecule has 0 aromatic carbocycles. The molecule has 5 heteroatoms. The zero-order valence-electron chi connectivity index (χ0n) is 16.9. The molecule has 4 aliphatic rings. The predicted molar refractivity (Wildman–Crippen MR) is 102 cm³/mol. The molecule has 0 radical (unpaired) electrons. The van der Waals surface area contributed by atoms with Crippen molar-refractivity contribution < 1.29 is 19.4 Å². The summed E-state index contributed by atoms with van der Waals surface area (Å²) in [5, 5.41) is 8.97. The van der Waals surface area contributed by atoms with Gasteiger partial charge in [0.15, 0.2) is 0 Å². The van der Waals surface area contributed by atoms with E-state index >= 15 is 0 Å². The number of carbonyl (C=O) groups is 2. The molecule has 0 bridgehead atoms. The number of ether oxygens (including phenoxy) is 1. The topological polar surface area (TPSA) is 66.8 Å². The molecular formula is C22H33NO4. The number of nitrogens with zero attached hydrogens (tertiary/aromatic N) is 1. The number of hydrogen-bond acceptors (Lipinski definition) is 4. The molecule has 1 heterocycles. The summed E-state index contributed by atoms with van der Waals surface area (Å²) in [5.74, 6) is 0.626. The van der Waals surface area contributed by atoms with Crippen molar-refractivity contribution in [2.75, 3.05) is 20.3 Å². The van der Waals surface area contributed by atoms with Gasteiger partial charge in [0.25, 0.3) is 0 Å². The fourth-order valence-electron chi connectivity index (χ4n) is 7.02. The quantitative estimate of drug-likeness (QED) is 0.608. The average Bonchev–Trinajstić information content (AvgIpc) is 3.00. The van der Waals surface area contributed by atoms with Crippen LogP contribution < -0.4 is 0 Å². The molecule has 1 amide bonds. The maximum Gasteiger partial charge on any atom is 0.309 e. The van der Waals surface area contributed by atoms with Gasteiger partial charge in [-0.15, -0.1) is 0 Å². The molecule has 5 atom stereocenters. The number of likely N-dealkylation sites (tertiary alicyclic amines) is 1. The van der Waals surface area contributed by atoms with E-state index in [1.165, 1.54) is 5.57 Å². The summed E-state index contributed by atoms with van der Waals surface area (Å²) in [6, 6.07) is 0.351. The van der Waals surface area contributed by atoms with Crippen molar-refractivity contribution in [3.05, 3.63) is 11.1 Å². The van der Waals surface area contributed by atoms with Crippen LogP contribution in [0.15, 0.2) is 11.1 Å². The van der Waals surface area contributed by atoms with Crippen molar-refractivity contribution >= 4 is 11.9 Å². The Morgan fingerprint density at radius 1 is 1.19 bits per heavy atom. The van der Waals surface area contributed by atoms with Crippen molar-refractivity contribution in [2.45, 2.75) is 71.3 Å². The summed E-state index contributed by atoms with van der Waals surface area (Å²) in [6.07, 6.45) is 7.75. The lowest BCUT2D eigenvalue weighted by Gasteiger charge is -2.57. The standard InChI is InChI=1S/C22H33NO4/c1-21-10-8-16-14(15(21)5-6-17(21)20(26)27-13-12-24)4-7-18-22(16,2)11-9-19(25)23(18)3/h16-18,24H,4-13H2,1-3H3/t16-,17+,18+,21-,22+/m0/s1. The van der Waals surface area contributed by atoms with E-state index in [1.807, 2.05) is 11.9 Å². The minimum absolute atomic E-state index is 0.0753. The number of aliphatic hydroxyl groups excluding tert-OH is 1. The van der Waals surface area contributed by atoms with Crippen LogP contribution in [0.3, 0.4) is 0 Å². The van der Waals surface area contributed by atoms with E-state index in [-0.39, 0.29) is 35.9 Å². The number of carbonyl (C=O) groups excluding carboxylic acids is 2. The van der Waals surface area contributed by atoms with Crippen LogP contribution >= 0.6 is 0 Å². The Balaban J connectivity index is 1.64. The van der Waals surface area contributed by atoms with Gasteiger partial charge in [0.2, 0.25) is 5.91 Å². The van der Waals surface area contributed by atoms with Gasteiger partial charge in [0.05, 0.1) is 12.5 Å². The summed E-state index contributed by atoms with van der Waals surface area (Å²) in [6.45, 7) is 4.64. The highest BCUT2D eigenvalue weighted by Crippen LogP contribution is 2.63. The second kappa shape index (κ2) is 6.61. The smallest absolute Gasteiger partial charge is 0.309 e. The van der Waals surface area contributed by atoms with Gasteiger partial charge in [-0.1, -0.05) is 25.0 Å². The number of hydrogen-bond donors (Lipinski definition) is 1. The second-order valence-corrected chi connectivity index (χ2v) is 9.56. The van der Waals surface area contributed by atoms with Crippen molar-refractivity contribution in [1.82, 2.24) is 4.90 Å². The van der Waals surface area contributed by atoms with Crippen LogP contribution in [0, 0.1) is 22.7 Å². The first kappa shape index (κ1) is 19.0. The fourth-order valence-corrected chi connectivity index (χ4v) is 7.02. The van der Waals surface area contributed by atoms with Crippen molar-refractivity contribution in [2.24, 2.45) is 22.7 Å². The number of allylic oxidation sites excluding steroid dienone is 2. The zero-order chi connectivity index (χ0) is 19.4. The van der Waals surface area contributed by atoms with Crippen LogP contribution in [0.1, 0.15) is 65.2 Å². The number of rotatable bonds is 3. The van der Waals surface area contributed by atoms with Crippen molar-refractivity contribution in [1.29, 1.82) is 0 Å². The van der Waals surface area contributed by atoms with Crippen molar-refractivity contribution in [3.8, 4) is 0 Å². The van der Waals surface area contributed by atoms with E-state index in [0.717, 1.165) is 44.9 Å². The molecule has 150 valence electrons. The highest BCUT2D eigenvalue weighted by atomic mass is 16.5. The Bertz CT molecular complexity index is 686. The third kappa shape index (κ3) is 2.68. The number of esters is 1. The molecule has 0 aromatic heterocycles. The molecule has 3 fully saturated rings. The van der Waals surface area contributed by atoms with Gasteiger partial charge < -0.3 is 14.7 Å². The number of fused-ring (bicyclic) bond motifs is 4. The largest absolute Gasteiger partial charge is 0.463 e. The number of piperidine rings is 1. The molecule has 0 aromatic rings. The Hall–Kier alpha value is -1.36. The highest BCUT2D eigenvalue weighted by molar-refractivity contribution is 5.78. The van der Waals surface area contributed by atoms with Gasteiger partial charge in [-0.25, -0.2) is 0 Å². The van der Waals surface area contributed by atoms with Gasteiger partial charge in [0.1, 0.15) is 6.61 Å². The predicted octanol–water partition coefficient (Wildman–Crippen LogP) is 3.07. The monoisotopic (exact) mass is 375 g/mol. The Labute approximate surface area is 162 Å². The Morgan fingerprint density at radius 3 is 2.70 bits per heavy atom. The zero-order valence-corrected chi connectivity index (χ0v) is 16.9. The van der Waals surface area contributed by atoms with Gasteiger partial charge >= 0.3 is 5.97 Å². The second-order valence-electron chi connectivity index (χ2n) is 9.56. The van der Waals surface area contributed by atoms with Gasteiger partial charge in [-0.2, -0.15) is 0 Å². The summed E-state index contributed by atoms with van der Waals surface area (Å²) < 4.78 is 5.30. The summed E-state index contributed by atoms with van der Waals surface area (Å²) in [4.78, 5) is 26.8. The molecule has 2 saturated carbocycles. The van der Waals surface area contributed by atoms with Gasteiger partial charge in [-0.3, -0.25) is 9.59 Å². The Kier molecular flexibility index (Phi) is 4.65. The first-order valence-electron chi connectivity index (χ1n) is 10.6. The highest BCUT2D eigenvalue weighted by Gasteiger charge is 2.57.